The summed E-state index contributed by atoms with van der Waals surface area (Å²) in [5.74, 6) is 0.753. The molecule has 0 saturated carbocycles. The second kappa shape index (κ2) is 9.68. The molecule has 0 fully saturated rings. The SMILES string of the molecule is C=N/C=C(\SCCOCCNC)c1cnc2[nH]cc(-c3ccc4c(c3)OC(F)(F)O4)c2c1. The summed E-state index contributed by atoms with van der Waals surface area (Å²) in [6.45, 7) is 5.62. The molecule has 168 valence electrons. The van der Waals surface area contributed by atoms with Gasteiger partial charge in [0.1, 0.15) is 5.65 Å². The molecule has 0 saturated heterocycles. The number of pyridine rings is 1. The number of aromatic amines is 1. The van der Waals surface area contributed by atoms with Gasteiger partial charge in [-0.15, -0.1) is 20.5 Å². The Kier molecular flexibility index (Phi) is 6.73. The molecule has 10 heteroatoms. The third kappa shape index (κ3) is 4.93. The van der Waals surface area contributed by atoms with Crippen LogP contribution in [-0.4, -0.2) is 55.5 Å². The van der Waals surface area contributed by atoms with Gasteiger partial charge in [0.25, 0.3) is 0 Å². The summed E-state index contributed by atoms with van der Waals surface area (Å²) in [4.78, 5) is 12.5. The number of alkyl halides is 2. The van der Waals surface area contributed by atoms with E-state index >= 15 is 0 Å². The first-order chi connectivity index (χ1) is 15.5. The van der Waals surface area contributed by atoms with Gasteiger partial charge >= 0.3 is 6.29 Å². The molecule has 3 heterocycles. The number of hydrogen-bond donors (Lipinski definition) is 2. The first-order valence-electron chi connectivity index (χ1n) is 9.89. The molecule has 0 amide bonds. The van der Waals surface area contributed by atoms with Crippen LogP contribution in [0.1, 0.15) is 5.56 Å². The van der Waals surface area contributed by atoms with E-state index in [2.05, 4.69) is 36.5 Å². The highest BCUT2D eigenvalue weighted by atomic mass is 32.2. The van der Waals surface area contributed by atoms with Gasteiger partial charge in [-0.05, 0) is 37.5 Å². The Morgan fingerprint density at radius 1 is 1.31 bits per heavy atom. The van der Waals surface area contributed by atoms with Gasteiger partial charge < -0.3 is 24.5 Å². The highest BCUT2D eigenvalue weighted by Gasteiger charge is 2.43. The number of thioether (sulfide) groups is 1. The van der Waals surface area contributed by atoms with E-state index in [9.17, 15) is 8.78 Å². The number of hydrogen-bond acceptors (Lipinski definition) is 7. The fraction of sp³-hybridized carbons (Fsp3) is 0.273. The van der Waals surface area contributed by atoms with Crippen molar-refractivity contribution in [3.05, 3.63) is 48.4 Å². The maximum absolute atomic E-state index is 13.4. The van der Waals surface area contributed by atoms with Crippen LogP contribution in [0.3, 0.4) is 0 Å². The number of ether oxygens (including phenoxy) is 3. The minimum absolute atomic E-state index is 0.00349. The lowest BCUT2D eigenvalue weighted by molar-refractivity contribution is -0.286. The average Bonchev–Trinajstić information content (AvgIpc) is 3.33. The van der Waals surface area contributed by atoms with E-state index < -0.39 is 6.29 Å². The molecule has 1 aromatic carbocycles. The Morgan fingerprint density at radius 3 is 2.97 bits per heavy atom. The van der Waals surface area contributed by atoms with Gasteiger partial charge in [0, 0.05) is 52.3 Å². The minimum Gasteiger partial charge on any atom is -0.395 e. The van der Waals surface area contributed by atoms with Crippen molar-refractivity contribution in [3.63, 3.8) is 0 Å². The third-order valence-electron chi connectivity index (χ3n) is 4.72. The molecule has 2 N–H and O–H groups in total. The summed E-state index contributed by atoms with van der Waals surface area (Å²) < 4.78 is 41.4. The molecule has 32 heavy (non-hydrogen) atoms. The monoisotopic (exact) mass is 460 g/mol. The lowest BCUT2D eigenvalue weighted by Crippen LogP contribution is -2.25. The van der Waals surface area contributed by atoms with Crippen molar-refractivity contribution in [2.45, 2.75) is 6.29 Å². The standard InChI is InChI=1S/C22H22F2N4O3S/c1-25-5-6-29-7-8-32-20(13-26-2)15-9-16-17(12-28-21(16)27-11-15)14-3-4-18-19(10-14)31-22(23,24)30-18/h3-4,9-13,25H,2,5-8H2,1H3,(H,27,28)/b20-13-. The van der Waals surface area contributed by atoms with Gasteiger partial charge in [-0.2, -0.15) is 0 Å². The van der Waals surface area contributed by atoms with Crippen LogP contribution in [0.15, 0.2) is 47.9 Å². The second-order valence-corrected chi connectivity index (χ2v) is 8.03. The number of nitrogens with one attached hydrogen (secondary N) is 2. The number of rotatable bonds is 10. The van der Waals surface area contributed by atoms with E-state index in [1.165, 1.54) is 12.1 Å². The molecule has 4 rings (SSSR count). The molecule has 0 unspecified atom stereocenters. The van der Waals surface area contributed by atoms with Crippen LogP contribution in [0.5, 0.6) is 11.5 Å². The molecule has 0 bridgehead atoms. The van der Waals surface area contributed by atoms with Crippen molar-refractivity contribution in [2.75, 3.05) is 32.6 Å². The van der Waals surface area contributed by atoms with Gasteiger partial charge in [0.15, 0.2) is 11.5 Å². The highest BCUT2D eigenvalue weighted by Crippen LogP contribution is 2.44. The Labute approximate surface area is 187 Å². The van der Waals surface area contributed by atoms with Crippen molar-refractivity contribution >= 4 is 34.4 Å². The van der Waals surface area contributed by atoms with Gasteiger partial charge in [0.05, 0.1) is 13.2 Å². The Morgan fingerprint density at radius 2 is 2.16 bits per heavy atom. The van der Waals surface area contributed by atoms with E-state index in [4.69, 9.17) is 4.74 Å². The van der Waals surface area contributed by atoms with Crippen molar-refractivity contribution in [1.82, 2.24) is 15.3 Å². The van der Waals surface area contributed by atoms with Gasteiger partial charge in [-0.1, -0.05) is 6.07 Å². The second-order valence-electron chi connectivity index (χ2n) is 6.89. The van der Waals surface area contributed by atoms with Crippen LogP contribution in [0, 0.1) is 0 Å². The van der Waals surface area contributed by atoms with Crippen LogP contribution < -0.4 is 14.8 Å². The fourth-order valence-corrected chi connectivity index (χ4v) is 4.11. The summed E-state index contributed by atoms with van der Waals surface area (Å²) >= 11 is 1.60. The van der Waals surface area contributed by atoms with Crippen LogP contribution in [0.2, 0.25) is 0 Å². The van der Waals surface area contributed by atoms with Crippen LogP contribution in [-0.2, 0) is 4.74 Å². The molecule has 0 atom stereocenters. The first-order valence-corrected chi connectivity index (χ1v) is 10.9. The number of halogens is 2. The third-order valence-corrected chi connectivity index (χ3v) is 5.74. The largest absolute Gasteiger partial charge is 0.586 e. The normalized spacial score (nSPS) is 14.8. The molecule has 3 aromatic rings. The van der Waals surface area contributed by atoms with Crippen LogP contribution in [0.25, 0.3) is 27.1 Å². The molecule has 0 spiro atoms. The molecular formula is C22H22F2N4O3S. The number of nitrogens with zero attached hydrogens (tertiary/aromatic N) is 2. The molecule has 0 aliphatic carbocycles. The highest BCUT2D eigenvalue weighted by molar-refractivity contribution is 8.08. The maximum atomic E-state index is 13.4. The van der Waals surface area contributed by atoms with Crippen molar-refractivity contribution in [2.24, 2.45) is 4.99 Å². The zero-order valence-corrected chi connectivity index (χ0v) is 18.2. The molecular weight excluding hydrogens is 438 g/mol. The zero-order valence-electron chi connectivity index (χ0n) is 17.4. The van der Waals surface area contributed by atoms with Gasteiger partial charge in [-0.3, -0.25) is 4.99 Å². The molecule has 1 aliphatic heterocycles. The Balaban J connectivity index is 1.57. The number of aromatic nitrogens is 2. The smallest absolute Gasteiger partial charge is 0.395 e. The molecule has 2 aromatic heterocycles. The van der Waals surface area contributed by atoms with Crippen LogP contribution in [0.4, 0.5) is 8.78 Å². The quantitative estimate of drug-likeness (QED) is 0.342. The summed E-state index contributed by atoms with van der Waals surface area (Å²) in [5.41, 5.74) is 3.06. The van der Waals surface area contributed by atoms with E-state index in [1.807, 2.05) is 13.1 Å². The molecule has 1 aliphatic rings. The van der Waals surface area contributed by atoms with Gasteiger partial charge in [-0.25, -0.2) is 4.98 Å². The average molecular weight is 461 g/mol. The molecule has 0 radical (unpaired) electrons. The van der Waals surface area contributed by atoms with E-state index in [0.717, 1.165) is 33.7 Å². The van der Waals surface area contributed by atoms with E-state index in [-0.39, 0.29) is 11.5 Å². The number of H-pyrrole nitrogens is 1. The van der Waals surface area contributed by atoms with E-state index in [0.29, 0.717) is 24.4 Å². The van der Waals surface area contributed by atoms with Gasteiger partial charge in [0.2, 0.25) is 0 Å². The Bertz CT molecular complexity index is 1150. The van der Waals surface area contributed by atoms with Crippen LogP contribution >= 0.6 is 11.8 Å². The summed E-state index contributed by atoms with van der Waals surface area (Å²) in [6, 6.07) is 6.70. The summed E-state index contributed by atoms with van der Waals surface area (Å²) in [5, 5.41) is 3.88. The van der Waals surface area contributed by atoms with E-state index in [1.54, 1.807) is 36.4 Å². The Hall–Kier alpha value is -2.95. The lowest BCUT2D eigenvalue weighted by Gasteiger charge is -2.08. The number of likely N-dealkylation sites (N-methyl/N-ethyl adjacent to an activating group) is 1. The predicted molar refractivity (Wildman–Crippen MR) is 122 cm³/mol. The number of benzene rings is 1. The lowest BCUT2D eigenvalue weighted by atomic mass is 10.0. The van der Waals surface area contributed by atoms with Crippen molar-refractivity contribution < 1.29 is 23.0 Å². The fourth-order valence-electron chi connectivity index (χ4n) is 3.26. The zero-order chi connectivity index (χ0) is 22.6. The van der Waals surface area contributed by atoms with Crippen molar-refractivity contribution in [1.29, 1.82) is 0 Å². The molecule has 7 nitrogen and oxygen atoms in total. The maximum Gasteiger partial charge on any atom is 0.586 e. The summed E-state index contributed by atoms with van der Waals surface area (Å²) in [7, 11) is 1.88. The van der Waals surface area contributed by atoms with Crippen molar-refractivity contribution in [3.8, 4) is 22.6 Å². The topological polar surface area (TPSA) is 80.8 Å². The number of aliphatic imine (C=N–C) groups is 1. The summed E-state index contributed by atoms with van der Waals surface area (Å²) in [6.07, 6.45) is 1.58. The predicted octanol–water partition coefficient (Wildman–Crippen LogP) is 4.52. The number of fused-ring (bicyclic) bond motifs is 2. The first kappa shape index (κ1) is 22.3. The minimum atomic E-state index is -3.65.